The zero-order valence-corrected chi connectivity index (χ0v) is 16.9. The highest BCUT2D eigenvalue weighted by Crippen LogP contribution is 2.25. The lowest BCUT2D eigenvalue weighted by Crippen LogP contribution is -3.12. The van der Waals surface area contributed by atoms with Crippen LogP contribution in [0.25, 0.3) is 0 Å². The number of pyridine rings is 1. The van der Waals surface area contributed by atoms with Crippen molar-refractivity contribution in [2.75, 3.05) is 40.3 Å². The number of aromatic nitrogens is 1. The van der Waals surface area contributed by atoms with Crippen LogP contribution in [0, 0.1) is 5.82 Å². The molecule has 6 nitrogen and oxygen atoms in total. The number of hydrogen-bond acceptors (Lipinski definition) is 5. The van der Waals surface area contributed by atoms with E-state index in [0.29, 0.717) is 23.9 Å². The predicted molar refractivity (Wildman–Crippen MR) is 102 cm³/mol. The molecule has 0 amide bonds. The van der Waals surface area contributed by atoms with Crippen LogP contribution >= 0.6 is 11.8 Å². The van der Waals surface area contributed by atoms with Crippen LogP contribution in [-0.2, 0) is 15.8 Å². The Labute approximate surface area is 163 Å². The molecule has 0 aliphatic carbocycles. The van der Waals surface area contributed by atoms with E-state index in [2.05, 4.69) is 12.0 Å². The van der Waals surface area contributed by atoms with Gasteiger partial charge in [0.25, 0.3) is 0 Å². The van der Waals surface area contributed by atoms with Gasteiger partial charge in [-0.25, -0.2) is 17.8 Å². The largest absolute Gasteiger partial charge is 0.494 e. The van der Waals surface area contributed by atoms with Crippen LogP contribution in [0.15, 0.2) is 46.5 Å². The van der Waals surface area contributed by atoms with Crippen LogP contribution in [0.3, 0.4) is 0 Å². The molecule has 3 rings (SSSR count). The first-order valence-electron chi connectivity index (χ1n) is 8.63. The van der Waals surface area contributed by atoms with Gasteiger partial charge in [-0.1, -0.05) is 6.07 Å². The van der Waals surface area contributed by atoms with Crippen LogP contribution in [0.1, 0.15) is 5.56 Å². The molecule has 0 atom stereocenters. The lowest BCUT2D eigenvalue weighted by atomic mass is 10.2. The lowest BCUT2D eigenvalue weighted by Gasteiger charge is -2.29. The summed E-state index contributed by atoms with van der Waals surface area (Å²) in [6, 6.07) is 8.10. The highest BCUT2D eigenvalue weighted by molar-refractivity contribution is 7.98. The molecule has 9 heteroatoms. The van der Waals surface area contributed by atoms with E-state index in [1.54, 1.807) is 24.3 Å². The van der Waals surface area contributed by atoms with Gasteiger partial charge in [0.15, 0.2) is 11.6 Å². The summed E-state index contributed by atoms with van der Waals surface area (Å²) in [5, 5.41) is 0.688. The number of methoxy groups -OCH3 is 1. The molecule has 1 saturated heterocycles. The van der Waals surface area contributed by atoms with Gasteiger partial charge in [-0.3, -0.25) is 0 Å². The Balaban J connectivity index is 1.64. The maximum absolute atomic E-state index is 13.7. The maximum Gasteiger partial charge on any atom is 0.245 e. The van der Waals surface area contributed by atoms with Crippen LogP contribution in [0.4, 0.5) is 4.39 Å². The first-order chi connectivity index (χ1) is 12.9. The molecule has 1 aliphatic heterocycles. The zero-order valence-electron chi connectivity index (χ0n) is 15.3. The first-order valence-corrected chi connectivity index (χ1v) is 11.1. The molecule has 0 unspecified atom stereocenters. The van der Waals surface area contributed by atoms with E-state index in [-0.39, 0.29) is 10.6 Å². The quantitative estimate of drug-likeness (QED) is 0.719. The summed E-state index contributed by atoms with van der Waals surface area (Å²) >= 11 is 1.42. The van der Waals surface area contributed by atoms with Crippen LogP contribution in [0.5, 0.6) is 5.75 Å². The number of thioether (sulfide) groups is 1. The van der Waals surface area contributed by atoms with Gasteiger partial charge >= 0.3 is 0 Å². The van der Waals surface area contributed by atoms with Crippen molar-refractivity contribution in [2.45, 2.75) is 15.7 Å². The number of hydrogen-bond donors (Lipinski definition) is 1. The van der Waals surface area contributed by atoms with Gasteiger partial charge in [-0.2, -0.15) is 4.31 Å². The zero-order chi connectivity index (χ0) is 19.4. The third-order valence-corrected chi connectivity index (χ3v) is 7.42. The number of quaternary nitrogens is 1. The van der Waals surface area contributed by atoms with Crippen molar-refractivity contribution < 1.29 is 22.4 Å². The van der Waals surface area contributed by atoms with Gasteiger partial charge in [-0.15, -0.1) is 11.8 Å². The van der Waals surface area contributed by atoms with Crippen molar-refractivity contribution in [3.63, 3.8) is 0 Å². The maximum atomic E-state index is 13.7. The first kappa shape index (κ1) is 20.1. The SMILES string of the molecule is COc1ccc(CSc2ccc(S(=O)(=O)N3CC[NH+](C)CC3)cn2)cc1F. The molecule has 2 heterocycles. The number of nitrogens with zero attached hydrogens (tertiary/aromatic N) is 2. The standard InChI is InChI=1S/C18H22FN3O3S2/c1-21-7-9-22(10-8-21)27(23,24)15-4-6-18(20-12-15)26-13-14-3-5-17(25-2)16(19)11-14/h3-6,11-12H,7-10,13H2,1-2H3/p+1. The summed E-state index contributed by atoms with van der Waals surface area (Å²) in [5.41, 5.74) is 0.803. The monoisotopic (exact) mass is 412 g/mol. The lowest BCUT2D eigenvalue weighted by molar-refractivity contribution is -0.883. The predicted octanol–water partition coefficient (Wildman–Crippen LogP) is 1.04. The van der Waals surface area contributed by atoms with Gasteiger partial charge < -0.3 is 9.64 Å². The molecule has 1 aromatic heterocycles. The molecule has 0 spiro atoms. The van der Waals surface area contributed by atoms with Crippen molar-refractivity contribution in [1.29, 1.82) is 0 Å². The van der Waals surface area contributed by atoms with E-state index in [0.717, 1.165) is 18.7 Å². The fraction of sp³-hybridized carbons (Fsp3) is 0.389. The molecule has 27 heavy (non-hydrogen) atoms. The van der Waals surface area contributed by atoms with Crippen molar-refractivity contribution in [3.05, 3.63) is 47.9 Å². The Morgan fingerprint density at radius 1 is 1.26 bits per heavy atom. The number of ether oxygens (including phenoxy) is 1. The molecule has 1 aliphatic rings. The summed E-state index contributed by atoms with van der Waals surface area (Å²) in [4.78, 5) is 5.80. The molecule has 0 bridgehead atoms. The summed E-state index contributed by atoms with van der Waals surface area (Å²) in [6.45, 7) is 2.65. The average Bonchev–Trinajstić information content (AvgIpc) is 2.67. The molecule has 2 aromatic rings. The number of sulfonamides is 1. The number of halogens is 1. The number of piperazine rings is 1. The van der Waals surface area contributed by atoms with E-state index < -0.39 is 15.8 Å². The number of benzene rings is 1. The topological polar surface area (TPSA) is 63.9 Å². The molecular formula is C18H23FN3O3S2+. The van der Waals surface area contributed by atoms with E-state index in [1.165, 1.54) is 40.3 Å². The summed E-state index contributed by atoms with van der Waals surface area (Å²) < 4.78 is 45.6. The average molecular weight is 413 g/mol. The van der Waals surface area contributed by atoms with E-state index in [4.69, 9.17) is 4.74 Å². The van der Waals surface area contributed by atoms with Crippen molar-refractivity contribution in [3.8, 4) is 5.75 Å². The Morgan fingerprint density at radius 3 is 2.59 bits per heavy atom. The van der Waals surface area contributed by atoms with Gasteiger partial charge in [0.2, 0.25) is 10.0 Å². The number of rotatable bonds is 6. The second kappa shape index (κ2) is 8.55. The fourth-order valence-electron chi connectivity index (χ4n) is 2.82. The Kier molecular flexibility index (Phi) is 6.36. The van der Waals surface area contributed by atoms with Crippen LogP contribution in [-0.4, -0.2) is 58.0 Å². The third kappa shape index (κ3) is 4.78. The van der Waals surface area contributed by atoms with E-state index >= 15 is 0 Å². The van der Waals surface area contributed by atoms with Gasteiger partial charge in [0.05, 0.1) is 45.4 Å². The molecule has 1 fully saturated rings. The number of likely N-dealkylation sites (N-methyl/N-ethyl adjacent to an activating group) is 1. The highest BCUT2D eigenvalue weighted by atomic mass is 32.2. The van der Waals surface area contributed by atoms with Crippen LogP contribution in [0.2, 0.25) is 0 Å². The summed E-state index contributed by atoms with van der Waals surface area (Å²) in [5.74, 6) is 0.335. The molecular weight excluding hydrogens is 389 g/mol. The van der Waals surface area contributed by atoms with E-state index in [9.17, 15) is 12.8 Å². The Morgan fingerprint density at radius 2 is 2.00 bits per heavy atom. The van der Waals surface area contributed by atoms with Gasteiger partial charge in [0.1, 0.15) is 4.90 Å². The summed E-state index contributed by atoms with van der Waals surface area (Å²) in [6.07, 6.45) is 1.40. The molecule has 1 aromatic carbocycles. The minimum atomic E-state index is -3.50. The van der Waals surface area contributed by atoms with Crippen molar-refractivity contribution in [1.82, 2.24) is 9.29 Å². The minimum absolute atomic E-state index is 0.210. The molecule has 0 saturated carbocycles. The second-order valence-corrected chi connectivity index (χ2v) is 9.38. The molecule has 146 valence electrons. The molecule has 1 N–H and O–H groups in total. The fourth-order valence-corrected chi connectivity index (χ4v) is 4.99. The van der Waals surface area contributed by atoms with Gasteiger partial charge in [0, 0.05) is 11.9 Å². The number of nitrogens with one attached hydrogen (secondary N) is 1. The smallest absolute Gasteiger partial charge is 0.245 e. The van der Waals surface area contributed by atoms with Gasteiger partial charge in [-0.05, 0) is 29.8 Å². The Hall–Kier alpha value is -1.68. The Bertz CT molecular complexity index is 883. The second-order valence-electron chi connectivity index (χ2n) is 6.45. The van der Waals surface area contributed by atoms with E-state index in [1.807, 2.05) is 0 Å². The minimum Gasteiger partial charge on any atom is -0.494 e. The normalized spacial score (nSPS) is 16.4. The van der Waals surface area contributed by atoms with Crippen molar-refractivity contribution >= 4 is 21.8 Å². The molecule has 0 radical (unpaired) electrons. The summed E-state index contributed by atoms with van der Waals surface area (Å²) in [7, 11) is -0.00990. The van der Waals surface area contributed by atoms with Crippen LogP contribution < -0.4 is 9.64 Å². The third-order valence-electron chi connectivity index (χ3n) is 4.53. The highest BCUT2D eigenvalue weighted by Gasteiger charge is 2.29. The van der Waals surface area contributed by atoms with Crippen molar-refractivity contribution in [2.24, 2.45) is 0 Å².